The number of benzene rings is 1. The number of carbonyl (C=O) groups excluding carboxylic acids is 1. The number of hydrogen-bond donors (Lipinski definition) is 1. The number of halogens is 1. The molecule has 1 aromatic rings. The molecule has 5 heteroatoms. The Morgan fingerprint density at radius 1 is 1.38 bits per heavy atom. The quantitative estimate of drug-likeness (QED) is 0.866. The summed E-state index contributed by atoms with van der Waals surface area (Å²) in [5.41, 5.74) is 0.596. The molecule has 0 fully saturated rings. The SMILES string of the molecule is COc1ccc(OC)c(NC(=O)[C@@H](C)Br)c1. The summed E-state index contributed by atoms with van der Waals surface area (Å²) in [7, 11) is 3.12. The van der Waals surface area contributed by atoms with Crippen LogP contribution in [0.5, 0.6) is 11.5 Å². The summed E-state index contributed by atoms with van der Waals surface area (Å²) in [6, 6.07) is 5.23. The van der Waals surface area contributed by atoms with Crippen LogP contribution in [0.1, 0.15) is 6.92 Å². The Balaban J connectivity index is 2.95. The topological polar surface area (TPSA) is 47.6 Å². The van der Waals surface area contributed by atoms with E-state index < -0.39 is 0 Å². The summed E-state index contributed by atoms with van der Waals surface area (Å²) in [6.07, 6.45) is 0. The van der Waals surface area contributed by atoms with Crippen molar-refractivity contribution in [2.75, 3.05) is 19.5 Å². The molecule has 0 heterocycles. The molecule has 1 atom stereocenters. The molecule has 0 aromatic heterocycles. The second-order valence-corrected chi connectivity index (χ2v) is 4.54. The molecule has 0 aliphatic heterocycles. The molecular weight excluding hydrogens is 274 g/mol. The maximum atomic E-state index is 11.5. The minimum absolute atomic E-state index is 0.133. The molecule has 0 saturated carbocycles. The highest BCUT2D eigenvalue weighted by atomic mass is 79.9. The number of carbonyl (C=O) groups is 1. The lowest BCUT2D eigenvalue weighted by molar-refractivity contribution is -0.115. The lowest BCUT2D eigenvalue weighted by atomic mass is 10.2. The van der Waals surface area contributed by atoms with Crippen LogP contribution in [0.4, 0.5) is 5.69 Å². The molecule has 1 N–H and O–H groups in total. The molecule has 0 bridgehead atoms. The van der Waals surface area contributed by atoms with Gasteiger partial charge in [-0.3, -0.25) is 4.79 Å². The molecule has 1 amide bonds. The van der Waals surface area contributed by atoms with Gasteiger partial charge in [0.1, 0.15) is 11.5 Å². The van der Waals surface area contributed by atoms with Crippen LogP contribution in [-0.2, 0) is 4.79 Å². The van der Waals surface area contributed by atoms with Crippen LogP contribution in [0.3, 0.4) is 0 Å². The third-order valence-corrected chi connectivity index (χ3v) is 2.44. The normalized spacial score (nSPS) is 11.8. The molecule has 0 spiro atoms. The molecule has 4 nitrogen and oxygen atoms in total. The van der Waals surface area contributed by atoms with E-state index in [1.165, 1.54) is 0 Å². The predicted octanol–water partition coefficient (Wildman–Crippen LogP) is 2.43. The van der Waals surface area contributed by atoms with E-state index in [1.807, 2.05) is 0 Å². The monoisotopic (exact) mass is 287 g/mol. The van der Waals surface area contributed by atoms with Crippen molar-refractivity contribution in [2.24, 2.45) is 0 Å². The zero-order valence-electron chi connectivity index (χ0n) is 9.41. The summed E-state index contributed by atoms with van der Waals surface area (Å²) < 4.78 is 10.2. The Morgan fingerprint density at radius 2 is 2.06 bits per heavy atom. The largest absolute Gasteiger partial charge is 0.497 e. The zero-order valence-corrected chi connectivity index (χ0v) is 11.0. The van der Waals surface area contributed by atoms with E-state index in [-0.39, 0.29) is 10.7 Å². The van der Waals surface area contributed by atoms with Crippen LogP contribution in [0.2, 0.25) is 0 Å². The van der Waals surface area contributed by atoms with Gasteiger partial charge in [-0.15, -0.1) is 0 Å². The van der Waals surface area contributed by atoms with Gasteiger partial charge in [0, 0.05) is 6.07 Å². The Bertz CT molecular complexity index is 379. The number of nitrogens with one attached hydrogen (secondary N) is 1. The van der Waals surface area contributed by atoms with Crippen LogP contribution < -0.4 is 14.8 Å². The second kappa shape index (κ2) is 5.75. The lowest BCUT2D eigenvalue weighted by Crippen LogP contribution is -2.20. The van der Waals surface area contributed by atoms with Gasteiger partial charge in [-0.25, -0.2) is 0 Å². The molecule has 1 aromatic carbocycles. The Morgan fingerprint density at radius 3 is 2.56 bits per heavy atom. The lowest BCUT2D eigenvalue weighted by Gasteiger charge is -2.12. The molecule has 1 rings (SSSR count). The molecule has 0 aliphatic rings. The first-order valence-electron chi connectivity index (χ1n) is 4.75. The highest BCUT2D eigenvalue weighted by Gasteiger charge is 2.12. The van der Waals surface area contributed by atoms with Gasteiger partial charge in [-0.1, -0.05) is 15.9 Å². The molecule has 16 heavy (non-hydrogen) atoms. The number of amides is 1. The first-order chi connectivity index (χ1) is 7.58. The van der Waals surface area contributed by atoms with E-state index in [9.17, 15) is 4.79 Å². The van der Waals surface area contributed by atoms with Crippen molar-refractivity contribution in [2.45, 2.75) is 11.8 Å². The fraction of sp³-hybridized carbons (Fsp3) is 0.364. The van der Waals surface area contributed by atoms with E-state index in [4.69, 9.17) is 9.47 Å². The summed E-state index contributed by atoms with van der Waals surface area (Å²) in [4.78, 5) is 11.3. The summed E-state index contributed by atoms with van der Waals surface area (Å²) in [5, 5.41) is 2.74. The average molecular weight is 288 g/mol. The number of rotatable bonds is 4. The zero-order chi connectivity index (χ0) is 12.1. The minimum atomic E-state index is -0.261. The second-order valence-electron chi connectivity index (χ2n) is 3.17. The molecule has 0 unspecified atom stereocenters. The number of methoxy groups -OCH3 is 2. The van der Waals surface area contributed by atoms with Crippen LogP contribution in [0.25, 0.3) is 0 Å². The highest BCUT2D eigenvalue weighted by Crippen LogP contribution is 2.29. The first-order valence-corrected chi connectivity index (χ1v) is 5.67. The van der Waals surface area contributed by atoms with E-state index >= 15 is 0 Å². The van der Waals surface area contributed by atoms with Crippen LogP contribution in [-0.4, -0.2) is 25.0 Å². The van der Waals surface area contributed by atoms with Gasteiger partial charge in [0.05, 0.1) is 24.7 Å². The number of hydrogen-bond acceptors (Lipinski definition) is 3. The molecular formula is C11H14BrNO3. The molecule has 0 saturated heterocycles. The van der Waals surface area contributed by atoms with Gasteiger partial charge < -0.3 is 14.8 Å². The Hall–Kier alpha value is -1.23. The van der Waals surface area contributed by atoms with Crippen molar-refractivity contribution in [3.63, 3.8) is 0 Å². The third kappa shape index (κ3) is 3.13. The maximum Gasteiger partial charge on any atom is 0.237 e. The van der Waals surface area contributed by atoms with Crippen molar-refractivity contribution >= 4 is 27.5 Å². The van der Waals surface area contributed by atoms with Crippen molar-refractivity contribution < 1.29 is 14.3 Å². The van der Waals surface area contributed by atoms with Gasteiger partial charge in [-0.2, -0.15) is 0 Å². The fourth-order valence-corrected chi connectivity index (χ4v) is 1.26. The summed E-state index contributed by atoms with van der Waals surface area (Å²) in [5.74, 6) is 1.13. The maximum absolute atomic E-state index is 11.5. The molecule has 88 valence electrons. The molecule has 0 radical (unpaired) electrons. The first kappa shape index (κ1) is 12.8. The van der Waals surface area contributed by atoms with E-state index in [0.717, 1.165) is 0 Å². The van der Waals surface area contributed by atoms with Crippen molar-refractivity contribution in [3.8, 4) is 11.5 Å². The number of anilines is 1. The minimum Gasteiger partial charge on any atom is -0.497 e. The Kier molecular flexibility index (Phi) is 4.61. The van der Waals surface area contributed by atoms with Gasteiger partial charge in [-0.05, 0) is 19.1 Å². The summed E-state index contributed by atoms with van der Waals surface area (Å²) in [6.45, 7) is 1.75. The third-order valence-electron chi connectivity index (χ3n) is 2.03. The van der Waals surface area contributed by atoms with Crippen LogP contribution in [0.15, 0.2) is 18.2 Å². The molecule has 0 aliphatic carbocycles. The fourth-order valence-electron chi connectivity index (χ4n) is 1.14. The predicted molar refractivity (Wildman–Crippen MR) is 66.6 cm³/mol. The number of alkyl halides is 1. The van der Waals surface area contributed by atoms with Crippen molar-refractivity contribution in [1.29, 1.82) is 0 Å². The van der Waals surface area contributed by atoms with Gasteiger partial charge in [0.2, 0.25) is 5.91 Å². The van der Waals surface area contributed by atoms with E-state index in [1.54, 1.807) is 39.3 Å². The van der Waals surface area contributed by atoms with Crippen molar-refractivity contribution in [3.05, 3.63) is 18.2 Å². The smallest absolute Gasteiger partial charge is 0.237 e. The van der Waals surface area contributed by atoms with Gasteiger partial charge in [0.15, 0.2) is 0 Å². The van der Waals surface area contributed by atoms with Gasteiger partial charge in [0.25, 0.3) is 0 Å². The summed E-state index contributed by atoms with van der Waals surface area (Å²) >= 11 is 3.20. The Labute approximate surface area is 103 Å². The highest BCUT2D eigenvalue weighted by molar-refractivity contribution is 9.10. The van der Waals surface area contributed by atoms with Gasteiger partial charge >= 0.3 is 0 Å². The van der Waals surface area contributed by atoms with E-state index in [0.29, 0.717) is 17.2 Å². The van der Waals surface area contributed by atoms with E-state index in [2.05, 4.69) is 21.2 Å². The number of ether oxygens (including phenoxy) is 2. The standard InChI is InChI=1S/C11H14BrNO3/c1-7(12)11(14)13-9-6-8(15-2)4-5-10(9)16-3/h4-7H,1-3H3,(H,13,14)/t7-/m1/s1. The van der Waals surface area contributed by atoms with Crippen LogP contribution >= 0.6 is 15.9 Å². The van der Waals surface area contributed by atoms with Crippen LogP contribution in [0, 0.1) is 0 Å². The average Bonchev–Trinajstić information content (AvgIpc) is 2.28. The van der Waals surface area contributed by atoms with Crippen molar-refractivity contribution in [1.82, 2.24) is 0 Å².